The van der Waals surface area contributed by atoms with Crippen LogP contribution in [0.25, 0.3) is 0 Å². The van der Waals surface area contributed by atoms with Gasteiger partial charge in [-0.2, -0.15) is 0 Å². The predicted molar refractivity (Wildman–Crippen MR) is 129 cm³/mol. The number of rotatable bonds is 10. The van der Waals surface area contributed by atoms with Gasteiger partial charge in [0, 0.05) is 46.8 Å². The lowest BCUT2D eigenvalue weighted by Crippen LogP contribution is -2.39. The zero-order valence-corrected chi connectivity index (χ0v) is 19.9. The van der Waals surface area contributed by atoms with Gasteiger partial charge in [-0.1, -0.05) is 36.8 Å². The van der Waals surface area contributed by atoms with Gasteiger partial charge in [0.05, 0.1) is 13.2 Å². The largest absolute Gasteiger partial charge is 0.379 e. The highest BCUT2D eigenvalue weighted by molar-refractivity contribution is 14.0. The number of morpholine rings is 1. The molecule has 0 saturated carbocycles. The SMILES string of the molecule is C=CCCCCCN(C)C(=NC)NCc1ccc(CN2CCOCC2)cc1.I. The number of unbranched alkanes of at least 4 members (excludes halogenated alkanes) is 3. The van der Waals surface area contributed by atoms with E-state index < -0.39 is 0 Å². The molecule has 5 nitrogen and oxygen atoms in total. The molecule has 0 bridgehead atoms. The van der Waals surface area contributed by atoms with Gasteiger partial charge in [0.15, 0.2) is 5.96 Å². The number of ether oxygens (including phenoxy) is 1. The van der Waals surface area contributed by atoms with E-state index in [-0.39, 0.29) is 24.0 Å². The Balaban J connectivity index is 0.00000392. The van der Waals surface area contributed by atoms with Crippen molar-refractivity contribution in [2.75, 3.05) is 46.9 Å². The van der Waals surface area contributed by atoms with Gasteiger partial charge in [-0.25, -0.2) is 0 Å². The van der Waals surface area contributed by atoms with Crippen molar-refractivity contribution in [2.24, 2.45) is 4.99 Å². The number of hydrogen-bond donors (Lipinski definition) is 1. The van der Waals surface area contributed by atoms with E-state index in [1.807, 2.05) is 13.1 Å². The van der Waals surface area contributed by atoms with E-state index in [0.29, 0.717) is 0 Å². The fourth-order valence-electron chi connectivity index (χ4n) is 3.27. The summed E-state index contributed by atoms with van der Waals surface area (Å²) < 4.78 is 5.41. The minimum atomic E-state index is 0. The number of aliphatic imine (C=N–C) groups is 1. The van der Waals surface area contributed by atoms with Gasteiger partial charge in [-0.3, -0.25) is 9.89 Å². The Morgan fingerprint density at radius 1 is 1.18 bits per heavy atom. The van der Waals surface area contributed by atoms with Crippen molar-refractivity contribution in [3.63, 3.8) is 0 Å². The monoisotopic (exact) mass is 500 g/mol. The van der Waals surface area contributed by atoms with Crippen LogP contribution in [0.4, 0.5) is 0 Å². The molecule has 158 valence electrons. The third kappa shape index (κ3) is 9.39. The van der Waals surface area contributed by atoms with E-state index in [1.165, 1.54) is 30.4 Å². The van der Waals surface area contributed by atoms with Gasteiger partial charge in [0.1, 0.15) is 0 Å². The van der Waals surface area contributed by atoms with Crippen molar-refractivity contribution < 1.29 is 4.74 Å². The topological polar surface area (TPSA) is 40.1 Å². The number of benzene rings is 1. The molecule has 0 spiro atoms. The molecule has 0 aromatic heterocycles. The van der Waals surface area contributed by atoms with Crippen LogP contribution in [0.1, 0.15) is 36.8 Å². The zero-order valence-electron chi connectivity index (χ0n) is 17.5. The second-order valence-electron chi connectivity index (χ2n) is 7.17. The third-order valence-electron chi connectivity index (χ3n) is 4.96. The Morgan fingerprint density at radius 2 is 1.86 bits per heavy atom. The van der Waals surface area contributed by atoms with Crippen molar-refractivity contribution in [1.82, 2.24) is 15.1 Å². The average molecular weight is 500 g/mol. The Hall–Kier alpha value is -1.12. The molecule has 1 fully saturated rings. The van der Waals surface area contributed by atoms with Crippen LogP contribution in [0.15, 0.2) is 41.9 Å². The van der Waals surface area contributed by atoms with Crippen molar-refractivity contribution in [2.45, 2.75) is 38.8 Å². The first-order valence-electron chi connectivity index (χ1n) is 10.1. The summed E-state index contributed by atoms with van der Waals surface area (Å²) in [5.74, 6) is 0.955. The molecule has 0 radical (unpaired) electrons. The molecule has 1 aliphatic heterocycles. The molecule has 0 amide bonds. The molecule has 1 saturated heterocycles. The Labute approximate surface area is 188 Å². The molecule has 0 unspecified atom stereocenters. The molecule has 1 heterocycles. The Bertz CT molecular complexity index is 570. The highest BCUT2D eigenvalue weighted by Gasteiger charge is 2.10. The van der Waals surface area contributed by atoms with Crippen molar-refractivity contribution >= 4 is 29.9 Å². The zero-order chi connectivity index (χ0) is 19.3. The summed E-state index contributed by atoms with van der Waals surface area (Å²) in [7, 11) is 3.95. The van der Waals surface area contributed by atoms with Crippen molar-refractivity contribution in [3.8, 4) is 0 Å². The highest BCUT2D eigenvalue weighted by Crippen LogP contribution is 2.09. The van der Waals surface area contributed by atoms with E-state index in [1.54, 1.807) is 0 Å². The first kappa shape index (κ1) is 24.9. The maximum Gasteiger partial charge on any atom is 0.193 e. The molecule has 1 aromatic carbocycles. The van der Waals surface area contributed by atoms with Gasteiger partial charge < -0.3 is 15.0 Å². The van der Waals surface area contributed by atoms with Gasteiger partial charge in [-0.05, 0) is 30.4 Å². The molecule has 6 heteroatoms. The average Bonchev–Trinajstić information content (AvgIpc) is 2.70. The molecule has 0 atom stereocenters. The summed E-state index contributed by atoms with van der Waals surface area (Å²) in [5, 5.41) is 3.47. The Morgan fingerprint density at radius 3 is 2.50 bits per heavy atom. The first-order chi connectivity index (χ1) is 13.2. The molecule has 1 aliphatic rings. The first-order valence-corrected chi connectivity index (χ1v) is 10.1. The minimum absolute atomic E-state index is 0. The van der Waals surface area contributed by atoms with E-state index in [2.05, 4.69) is 58.0 Å². The van der Waals surface area contributed by atoms with Gasteiger partial charge >= 0.3 is 0 Å². The predicted octanol–water partition coefficient (Wildman–Crippen LogP) is 3.89. The summed E-state index contributed by atoms with van der Waals surface area (Å²) >= 11 is 0. The molecule has 1 N–H and O–H groups in total. The third-order valence-corrected chi connectivity index (χ3v) is 4.96. The smallest absolute Gasteiger partial charge is 0.193 e. The molecule has 1 aromatic rings. The second-order valence-corrected chi connectivity index (χ2v) is 7.17. The minimum Gasteiger partial charge on any atom is -0.379 e. The summed E-state index contributed by atoms with van der Waals surface area (Å²) in [6.07, 6.45) is 6.74. The maximum absolute atomic E-state index is 5.41. The second kappa shape index (κ2) is 14.8. The highest BCUT2D eigenvalue weighted by atomic mass is 127. The summed E-state index contributed by atoms with van der Waals surface area (Å²) in [5.41, 5.74) is 2.64. The van der Waals surface area contributed by atoms with Gasteiger partial charge in [0.25, 0.3) is 0 Å². The van der Waals surface area contributed by atoms with Crippen LogP contribution in [0.2, 0.25) is 0 Å². The number of guanidine groups is 1. The normalized spacial score (nSPS) is 15.0. The van der Waals surface area contributed by atoms with Gasteiger partial charge in [-0.15, -0.1) is 30.6 Å². The van der Waals surface area contributed by atoms with Crippen LogP contribution in [0.3, 0.4) is 0 Å². The standard InChI is InChI=1S/C22H36N4O.HI/c1-4-5-6-7-8-13-25(3)22(23-2)24-18-20-9-11-21(12-10-20)19-26-14-16-27-17-15-26;/h4,9-12H,1,5-8,13-19H2,2-3H3,(H,23,24);1H. The number of allylic oxidation sites excluding steroid dienone is 1. The summed E-state index contributed by atoms with van der Waals surface area (Å²) in [4.78, 5) is 9.07. The number of halogens is 1. The molecular weight excluding hydrogens is 463 g/mol. The van der Waals surface area contributed by atoms with Crippen LogP contribution in [-0.4, -0.2) is 62.7 Å². The van der Waals surface area contributed by atoms with E-state index in [9.17, 15) is 0 Å². The van der Waals surface area contributed by atoms with E-state index in [4.69, 9.17) is 4.74 Å². The van der Waals surface area contributed by atoms with Crippen LogP contribution >= 0.6 is 24.0 Å². The molecule has 2 rings (SSSR count). The van der Waals surface area contributed by atoms with E-state index >= 15 is 0 Å². The fraction of sp³-hybridized carbons (Fsp3) is 0.591. The van der Waals surface area contributed by atoms with E-state index in [0.717, 1.165) is 58.3 Å². The lowest BCUT2D eigenvalue weighted by atomic mass is 10.1. The maximum atomic E-state index is 5.41. The molecular formula is C22H37IN4O. The van der Waals surface area contributed by atoms with Gasteiger partial charge in [0.2, 0.25) is 0 Å². The van der Waals surface area contributed by atoms with Crippen LogP contribution in [-0.2, 0) is 17.8 Å². The van der Waals surface area contributed by atoms with Crippen LogP contribution < -0.4 is 5.32 Å². The lowest BCUT2D eigenvalue weighted by molar-refractivity contribution is 0.0342. The summed E-state index contributed by atoms with van der Waals surface area (Å²) in [6, 6.07) is 8.90. The van der Waals surface area contributed by atoms with Crippen LogP contribution in [0.5, 0.6) is 0 Å². The quantitative estimate of drug-likeness (QED) is 0.174. The molecule has 28 heavy (non-hydrogen) atoms. The van der Waals surface area contributed by atoms with Crippen molar-refractivity contribution in [1.29, 1.82) is 0 Å². The van der Waals surface area contributed by atoms with Crippen molar-refractivity contribution in [3.05, 3.63) is 48.0 Å². The molecule has 0 aliphatic carbocycles. The number of nitrogens with one attached hydrogen (secondary N) is 1. The summed E-state index contributed by atoms with van der Waals surface area (Å²) in [6.45, 7) is 10.4. The number of nitrogens with zero attached hydrogens (tertiary/aromatic N) is 3. The van der Waals surface area contributed by atoms with Crippen LogP contribution in [0, 0.1) is 0 Å². The Kier molecular flexibility index (Phi) is 13.2. The fourth-order valence-corrected chi connectivity index (χ4v) is 3.27. The number of hydrogen-bond acceptors (Lipinski definition) is 3. The lowest BCUT2D eigenvalue weighted by Gasteiger charge is -2.26.